The van der Waals surface area contributed by atoms with Gasteiger partial charge in [0, 0.05) is 19.5 Å². The maximum absolute atomic E-state index is 11.2. The minimum atomic E-state index is -0.261. The molecule has 1 rings (SSSR count). The standard InChI is InChI=1S/C12H21NO2/c1-2-3-4-5-6-7-9-13-10-8-11(14)12(13)15/h2-10H2,1H3. The Bertz CT molecular complexity index is 226. The van der Waals surface area contributed by atoms with Gasteiger partial charge in [0.15, 0.2) is 0 Å². The van der Waals surface area contributed by atoms with Crippen LogP contribution in [0.3, 0.4) is 0 Å². The summed E-state index contributed by atoms with van der Waals surface area (Å²) in [6, 6.07) is 0. The van der Waals surface area contributed by atoms with E-state index in [9.17, 15) is 9.59 Å². The molecule has 0 atom stereocenters. The minimum absolute atomic E-state index is 0.207. The van der Waals surface area contributed by atoms with Crippen molar-refractivity contribution in [1.29, 1.82) is 0 Å². The van der Waals surface area contributed by atoms with E-state index in [1.807, 2.05) is 0 Å². The molecule has 0 unspecified atom stereocenters. The van der Waals surface area contributed by atoms with Gasteiger partial charge in [-0.2, -0.15) is 0 Å². The summed E-state index contributed by atoms with van der Waals surface area (Å²) in [7, 11) is 0. The van der Waals surface area contributed by atoms with Crippen LogP contribution < -0.4 is 0 Å². The fraction of sp³-hybridized carbons (Fsp3) is 0.833. The molecule has 15 heavy (non-hydrogen) atoms. The van der Waals surface area contributed by atoms with E-state index in [0.717, 1.165) is 13.0 Å². The molecule has 0 saturated carbocycles. The molecule has 0 radical (unpaired) electrons. The maximum Gasteiger partial charge on any atom is 0.290 e. The van der Waals surface area contributed by atoms with Crippen LogP contribution in [0.5, 0.6) is 0 Å². The van der Waals surface area contributed by atoms with Crippen LogP contribution in [0.2, 0.25) is 0 Å². The van der Waals surface area contributed by atoms with Crippen LogP contribution in [0.4, 0.5) is 0 Å². The number of likely N-dealkylation sites (tertiary alicyclic amines) is 1. The predicted octanol–water partition coefficient (Wildman–Crippen LogP) is 2.15. The number of hydrogen-bond acceptors (Lipinski definition) is 2. The maximum atomic E-state index is 11.2. The summed E-state index contributed by atoms with van der Waals surface area (Å²) in [5.74, 6) is -0.468. The summed E-state index contributed by atoms with van der Waals surface area (Å²) in [5.41, 5.74) is 0. The summed E-state index contributed by atoms with van der Waals surface area (Å²) in [4.78, 5) is 23.9. The molecule has 1 heterocycles. The zero-order valence-electron chi connectivity index (χ0n) is 9.63. The van der Waals surface area contributed by atoms with Crippen molar-refractivity contribution in [2.75, 3.05) is 13.1 Å². The number of nitrogens with zero attached hydrogens (tertiary/aromatic N) is 1. The van der Waals surface area contributed by atoms with Gasteiger partial charge in [-0.25, -0.2) is 0 Å². The quantitative estimate of drug-likeness (QED) is 0.478. The summed E-state index contributed by atoms with van der Waals surface area (Å²) < 4.78 is 0. The van der Waals surface area contributed by atoms with Gasteiger partial charge in [-0.15, -0.1) is 0 Å². The van der Waals surface area contributed by atoms with Gasteiger partial charge in [0.1, 0.15) is 0 Å². The largest absolute Gasteiger partial charge is 0.336 e. The highest BCUT2D eigenvalue weighted by molar-refractivity contribution is 6.37. The lowest BCUT2D eigenvalue weighted by Gasteiger charge is -2.13. The third kappa shape index (κ3) is 4.02. The van der Waals surface area contributed by atoms with Gasteiger partial charge in [-0.05, 0) is 6.42 Å². The predicted molar refractivity (Wildman–Crippen MR) is 59.6 cm³/mol. The number of carbonyl (C=O) groups excluding carboxylic acids is 2. The smallest absolute Gasteiger partial charge is 0.290 e. The summed E-state index contributed by atoms with van der Waals surface area (Å²) in [5, 5.41) is 0. The van der Waals surface area contributed by atoms with E-state index in [1.54, 1.807) is 4.90 Å². The Morgan fingerprint density at radius 1 is 1.07 bits per heavy atom. The van der Waals surface area contributed by atoms with Crippen molar-refractivity contribution in [2.45, 2.75) is 51.9 Å². The Morgan fingerprint density at radius 2 is 1.73 bits per heavy atom. The Kier molecular flexibility index (Phi) is 5.37. The van der Waals surface area contributed by atoms with E-state index < -0.39 is 0 Å². The first-order valence-corrected chi connectivity index (χ1v) is 6.07. The third-order valence-corrected chi connectivity index (χ3v) is 2.92. The van der Waals surface area contributed by atoms with E-state index in [4.69, 9.17) is 0 Å². The average molecular weight is 211 g/mol. The van der Waals surface area contributed by atoms with E-state index >= 15 is 0 Å². The molecule has 86 valence electrons. The van der Waals surface area contributed by atoms with Crippen LogP contribution in [0.15, 0.2) is 0 Å². The highest BCUT2D eigenvalue weighted by Crippen LogP contribution is 2.10. The van der Waals surface area contributed by atoms with Crippen LogP contribution in [0.1, 0.15) is 51.9 Å². The fourth-order valence-electron chi connectivity index (χ4n) is 1.92. The zero-order valence-corrected chi connectivity index (χ0v) is 9.63. The molecule has 0 aliphatic carbocycles. The number of carbonyl (C=O) groups is 2. The second-order valence-corrected chi connectivity index (χ2v) is 4.23. The number of hydrogen-bond donors (Lipinski definition) is 0. The lowest BCUT2D eigenvalue weighted by Crippen LogP contribution is -2.28. The molecule has 1 fully saturated rings. The molecule has 0 spiro atoms. The highest BCUT2D eigenvalue weighted by atomic mass is 16.2. The first-order valence-electron chi connectivity index (χ1n) is 6.07. The number of Topliss-reactive ketones (excluding diaryl/α,β-unsaturated/α-hetero) is 1. The molecule has 0 aromatic heterocycles. The molecule has 0 N–H and O–H groups in total. The molecule has 3 heteroatoms. The van der Waals surface area contributed by atoms with Crippen molar-refractivity contribution in [1.82, 2.24) is 4.90 Å². The Hall–Kier alpha value is -0.860. The first-order chi connectivity index (χ1) is 7.25. The molecular formula is C12H21NO2. The van der Waals surface area contributed by atoms with Gasteiger partial charge in [-0.1, -0.05) is 39.0 Å². The first kappa shape index (κ1) is 12.2. The van der Waals surface area contributed by atoms with E-state index in [2.05, 4.69) is 6.92 Å². The number of ketones is 1. The lowest BCUT2D eigenvalue weighted by atomic mass is 10.1. The van der Waals surface area contributed by atoms with E-state index in [0.29, 0.717) is 13.0 Å². The van der Waals surface area contributed by atoms with Gasteiger partial charge >= 0.3 is 0 Å². The van der Waals surface area contributed by atoms with Crippen LogP contribution in [-0.4, -0.2) is 29.7 Å². The van der Waals surface area contributed by atoms with Gasteiger partial charge in [-0.3, -0.25) is 9.59 Å². The third-order valence-electron chi connectivity index (χ3n) is 2.92. The average Bonchev–Trinajstić information content (AvgIpc) is 2.54. The highest BCUT2D eigenvalue weighted by Gasteiger charge is 2.28. The molecule has 1 aliphatic rings. The normalized spacial score (nSPS) is 16.5. The Morgan fingerprint density at radius 3 is 2.33 bits per heavy atom. The summed E-state index contributed by atoms with van der Waals surface area (Å²) in [6.07, 6.45) is 7.77. The van der Waals surface area contributed by atoms with Crippen molar-refractivity contribution in [3.63, 3.8) is 0 Å². The molecular weight excluding hydrogens is 190 g/mol. The number of rotatable bonds is 7. The fourth-order valence-corrected chi connectivity index (χ4v) is 1.92. The van der Waals surface area contributed by atoms with Crippen LogP contribution in [0, 0.1) is 0 Å². The van der Waals surface area contributed by atoms with Crippen molar-refractivity contribution in [2.24, 2.45) is 0 Å². The molecule has 1 aliphatic heterocycles. The van der Waals surface area contributed by atoms with Gasteiger partial charge in [0.05, 0.1) is 0 Å². The Labute approximate surface area is 91.8 Å². The molecule has 1 amide bonds. The molecule has 0 aromatic rings. The molecule has 3 nitrogen and oxygen atoms in total. The monoisotopic (exact) mass is 211 g/mol. The topological polar surface area (TPSA) is 37.4 Å². The molecule has 1 saturated heterocycles. The van der Waals surface area contributed by atoms with Crippen molar-refractivity contribution < 1.29 is 9.59 Å². The second kappa shape index (κ2) is 6.59. The van der Waals surface area contributed by atoms with Gasteiger partial charge < -0.3 is 4.90 Å². The lowest BCUT2D eigenvalue weighted by molar-refractivity contribution is -0.140. The Balaban J connectivity index is 2.01. The summed E-state index contributed by atoms with van der Waals surface area (Å²) >= 11 is 0. The SMILES string of the molecule is CCCCCCCCN1CCC(=O)C1=O. The molecule has 0 bridgehead atoms. The second-order valence-electron chi connectivity index (χ2n) is 4.23. The number of amides is 1. The van der Waals surface area contributed by atoms with Crippen LogP contribution in [-0.2, 0) is 9.59 Å². The van der Waals surface area contributed by atoms with Crippen LogP contribution in [0.25, 0.3) is 0 Å². The number of unbranched alkanes of at least 4 members (excludes halogenated alkanes) is 5. The van der Waals surface area contributed by atoms with E-state index in [1.165, 1.54) is 32.1 Å². The van der Waals surface area contributed by atoms with E-state index in [-0.39, 0.29) is 11.7 Å². The van der Waals surface area contributed by atoms with Crippen molar-refractivity contribution in [3.8, 4) is 0 Å². The van der Waals surface area contributed by atoms with Gasteiger partial charge in [0.2, 0.25) is 5.78 Å². The zero-order chi connectivity index (χ0) is 11.1. The van der Waals surface area contributed by atoms with Crippen molar-refractivity contribution in [3.05, 3.63) is 0 Å². The molecule has 0 aromatic carbocycles. The van der Waals surface area contributed by atoms with Gasteiger partial charge in [0.25, 0.3) is 5.91 Å². The van der Waals surface area contributed by atoms with Crippen molar-refractivity contribution >= 4 is 11.7 Å². The minimum Gasteiger partial charge on any atom is -0.336 e. The summed E-state index contributed by atoms with van der Waals surface area (Å²) in [6.45, 7) is 3.62. The van der Waals surface area contributed by atoms with Crippen LogP contribution >= 0.6 is 0 Å².